The van der Waals surface area contributed by atoms with Crippen LogP contribution >= 0.6 is 11.6 Å². The second-order valence-corrected chi connectivity index (χ2v) is 13.2. The van der Waals surface area contributed by atoms with Gasteiger partial charge in [-0.05, 0) is 85.4 Å². The molecule has 2 heterocycles. The molecular weight excluding hydrogens is 580 g/mol. The Kier molecular flexibility index (Phi) is 9.93. The highest BCUT2D eigenvalue weighted by atomic mass is 35.5. The Morgan fingerprint density at radius 3 is 2.68 bits per heavy atom. The summed E-state index contributed by atoms with van der Waals surface area (Å²) in [6.45, 7) is 5.82. The van der Waals surface area contributed by atoms with Crippen molar-refractivity contribution in [3.05, 3.63) is 70.3 Å². The molecule has 2 N–H and O–H groups in total. The number of ether oxygens (including phenoxy) is 2. The van der Waals surface area contributed by atoms with E-state index in [1.54, 1.807) is 25.2 Å². The SMILES string of the molecule is CCCc1cc(Cl)ccc1C1COc2ccc3cc2N(C1)CC1CCC1C(O)/C=C/CC(C)N(C)C(=O)C[C@@]3(O)C(=O)OC. The van der Waals surface area contributed by atoms with Gasteiger partial charge in [0.15, 0.2) is 5.60 Å². The van der Waals surface area contributed by atoms with Gasteiger partial charge >= 0.3 is 5.97 Å². The van der Waals surface area contributed by atoms with Gasteiger partial charge in [-0.15, -0.1) is 0 Å². The highest BCUT2D eigenvalue weighted by molar-refractivity contribution is 6.30. The van der Waals surface area contributed by atoms with Gasteiger partial charge in [0, 0.05) is 37.1 Å². The number of aliphatic hydroxyl groups excluding tert-OH is 1. The first-order valence-electron chi connectivity index (χ1n) is 15.8. The van der Waals surface area contributed by atoms with Gasteiger partial charge in [0.25, 0.3) is 0 Å². The number of methoxy groups -OCH3 is 1. The maximum Gasteiger partial charge on any atom is 0.343 e. The topological polar surface area (TPSA) is 99.5 Å². The fraction of sp³-hybridized carbons (Fsp3) is 0.543. The summed E-state index contributed by atoms with van der Waals surface area (Å²) in [7, 11) is 2.88. The zero-order chi connectivity index (χ0) is 31.6. The molecule has 3 aliphatic rings. The molecular formula is C35H45ClN2O6. The third-order valence-electron chi connectivity index (χ3n) is 9.89. The highest BCUT2D eigenvalue weighted by Gasteiger charge is 2.44. The van der Waals surface area contributed by atoms with E-state index in [4.69, 9.17) is 21.1 Å². The van der Waals surface area contributed by atoms with Crippen molar-refractivity contribution in [3.63, 3.8) is 0 Å². The number of hydrogen-bond donors (Lipinski definition) is 2. The molecule has 5 unspecified atom stereocenters. The van der Waals surface area contributed by atoms with Crippen molar-refractivity contribution >= 4 is 29.2 Å². The predicted molar refractivity (Wildman–Crippen MR) is 171 cm³/mol. The van der Waals surface area contributed by atoms with Crippen LogP contribution in [0.4, 0.5) is 5.69 Å². The van der Waals surface area contributed by atoms with Crippen LogP contribution < -0.4 is 9.64 Å². The first-order valence-corrected chi connectivity index (χ1v) is 16.1. The molecule has 44 heavy (non-hydrogen) atoms. The first kappa shape index (κ1) is 32.3. The van der Waals surface area contributed by atoms with Crippen LogP contribution in [0.15, 0.2) is 48.6 Å². The molecule has 2 aliphatic heterocycles. The number of carbonyl (C=O) groups is 2. The van der Waals surface area contributed by atoms with Gasteiger partial charge in [-0.3, -0.25) is 4.79 Å². The third-order valence-corrected chi connectivity index (χ3v) is 10.1. The van der Waals surface area contributed by atoms with Crippen molar-refractivity contribution in [2.24, 2.45) is 11.8 Å². The Morgan fingerprint density at radius 2 is 1.98 bits per heavy atom. The number of halogens is 1. The summed E-state index contributed by atoms with van der Waals surface area (Å²) in [5.74, 6) is -0.237. The molecule has 1 saturated carbocycles. The van der Waals surface area contributed by atoms with E-state index in [9.17, 15) is 19.8 Å². The summed E-state index contributed by atoms with van der Waals surface area (Å²) in [4.78, 5) is 30.4. The molecule has 2 aromatic rings. The maximum atomic E-state index is 13.4. The Labute approximate surface area is 265 Å². The normalized spacial score (nSPS) is 30.0. The highest BCUT2D eigenvalue weighted by Crippen LogP contribution is 2.44. The minimum absolute atomic E-state index is 0.0369. The lowest BCUT2D eigenvalue weighted by Crippen LogP contribution is -2.45. The van der Waals surface area contributed by atoms with Gasteiger partial charge in [-0.1, -0.05) is 49.2 Å². The van der Waals surface area contributed by atoms with Crippen molar-refractivity contribution < 1.29 is 29.3 Å². The number of esters is 1. The summed E-state index contributed by atoms with van der Waals surface area (Å²) < 4.78 is 11.5. The Morgan fingerprint density at radius 1 is 1.18 bits per heavy atom. The first-order chi connectivity index (χ1) is 21.0. The molecule has 6 atom stereocenters. The smallest absolute Gasteiger partial charge is 0.343 e. The number of anilines is 1. The summed E-state index contributed by atoms with van der Waals surface area (Å²) in [5, 5.41) is 23.7. The number of benzene rings is 2. The maximum absolute atomic E-state index is 13.4. The molecule has 9 heteroatoms. The van der Waals surface area contributed by atoms with Crippen molar-refractivity contribution in [1.29, 1.82) is 0 Å². The number of aliphatic hydroxyl groups is 2. The van der Waals surface area contributed by atoms with Crippen LogP contribution in [0, 0.1) is 11.8 Å². The lowest BCUT2D eigenvalue weighted by molar-refractivity contribution is -0.168. The van der Waals surface area contributed by atoms with Crippen molar-refractivity contribution in [2.75, 3.05) is 38.8 Å². The zero-order valence-electron chi connectivity index (χ0n) is 26.2. The Balaban J connectivity index is 1.60. The van der Waals surface area contributed by atoms with Gasteiger partial charge in [-0.2, -0.15) is 0 Å². The minimum atomic E-state index is -2.18. The number of nitrogens with zero attached hydrogens (tertiary/aromatic N) is 2. The van der Waals surface area contributed by atoms with E-state index in [1.165, 1.54) is 23.1 Å². The van der Waals surface area contributed by atoms with Crippen LogP contribution in [0.1, 0.15) is 68.6 Å². The standard InChI is InChI=1S/C35H45ClN2O6/c1-5-7-23-16-27(36)12-14-28(23)25-20-38-19-24-10-13-29(24)31(39)9-6-8-22(2)37(3)33(40)18-35(42,34(41)43-4)26-11-15-32(44-21-25)30(38)17-26/h6,9,11-12,14-17,22,24-25,29,31,39,42H,5,7-8,10,13,18-21H2,1-4H3/b9-6+/t22?,24?,25?,29?,31?,35-/m0/s1. The second kappa shape index (κ2) is 13.5. The predicted octanol–water partition coefficient (Wildman–Crippen LogP) is 5.22. The number of amides is 1. The summed E-state index contributed by atoms with van der Waals surface area (Å²) >= 11 is 6.40. The van der Waals surface area contributed by atoms with E-state index < -0.39 is 24.1 Å². The Hall–Kier alpha value is -3.07. The van der Waals surface area contributed by atoms with E-state index in [1.807, 2.05) is 31.2 Å². The molecule has 5 rings (SSSR count). The van der Waals surface area contributed by atoms with Gasteiger partial charge in [-0.25, -0.2) is 4.79 Å². The van der Waals surface area contributed by atoms with Crippen LogP contribution in [0.5, 0.6) is 5.75 Å². The van der Waals surface area contributed by atoms with Crippen LogP contribution in [-0.2, 0) is 26.3 Å². The summed E-state index contributed by atoms with van der Waals surface area (Å²) in [5.41, 5.74) is 1.24. The summed E-state index contributed by atoms with van der Waals surface area (Å²) in [6.07, 6.45) is 7.11. The van der Waals surface area contributed by atoms with E-state index in [0.717, 1.165) is 31.4 Å². The van der Waals surface area contributed by atoms with Gasteiger partial charge in [0.05, 0.1) is 31.9 Å². The molecule has 0 radical (unpaired) electrons. The number of fused-ring (bicyclic) bond motifs is 2. The molecule has 1 amide bonds. The van der Waals surface area contributed by atoms with Crippen LogP contribution in [0.2, 0.25) is 5.02 Å². The van der Waals surface area contributed by atoms with Crippen LogP contribution in [0.3, 0.4) is 0 Å². The average Bonchev–Trinajstić information content (AvgIpc) is 3.17. The largest absolute Gasteiger partial charge is 0.491 e. The molecule has 2 aromatic carbocycles. The molecule has 0 spiro atoms. The monoisotopic (exact) mass is 624 g/mol. The fourth-order valence-electron chi connectivity index (χ4n) is 6.89. The molecule has 0 saturated heterocycles. The molecule has 0 aromatic heterocycles. The van der Waals surface area contributed by atoms with Crippen LogP contribution in [-0.4, -0.2) is 73.0 Å². The van der Waals surface area contributed by atoms with Gasteiger partial charge in [0.1, 0.15) is 5.75 Å². The second-order valence-electron chi connectivity index (χ2n) is 12.7. The third kappa shape index (κ3) is 6.49. The molecule has 238 valence electrons. The van der Waals surface area contributed by atoms with Crippen molar-refractivity contribution in [1.82, 2.24) is 4.90 Å². The quantitative estimate of drug-likeness (QED) is 0.355. The van der Waals surface area contributed by atoms with E-state index in [-0.39, 0.29) is 35.3 Å². The molecule has 2 bridgehead atoms. The van der Waals surface area contributed by atoms with E-state index in [0.29, 0.717) is 36.9 Å². The molecule has 8 nitrogen and oxygen atoms in total. The van der Waals surface area contributed by atoms with E-state index >= 15 is 0 Å². The van der Waals surface area contributed by atoms with Crippen molar-refractivity contribution in [3.8, 4) is 5.75 Å². The number of hydrogen-bond acceptors (Lipinski definition) is 7. The number of carbonyl (C=O) groups excluding carboxylic acids is 2. The van der Waals surface area contributed by atoms with Gasteiger partial charge in [0.2, 0.25) is 5.91 Å². The lowest BCUT2D eigenvalue weighted by Gasteiger charge is -2.43. The lowest BCUT2D eigenvalue weighted by atomic mass is 9.70. The number of aryl methyl sites for hydroxylation is 1. The summed E-state index contributed by atoms with van der Waals surface area (Å²) in [6, 6.07) is 11.1. The van der Waals surface area contributed by atoms with Crippen molar-refractivity contribution in [2.45, 2.75) is 76.0 Å². The van der Waals surface area contributed by atoms with E-state index in [2.05, 4.69) is 17.9 Å². The average molecular weight is 625 g/mol. The zero-order valence-corrected chi connectivity index (χ0v) is 26.9. The number of rotatable bonds is 4. The van der Waals surface area contributed by atoms with Crippen LogP contribution in [0.25, 0.3) is 0 Å². The minimum Gasteiger partial charge on any atom is -0.491 e. The molecule has 1 fully saturated rings. The Bertz CT molecular complexity index is 1400. The fourth-order valence-corrected chi connectivity index (χ4v) is 7.09. The molecule has 1 aliphatic carbocycles. The van der Waals surface area contributed by atoms with Gasteiger partial charge < -0.3 is 29.5 Å².